The van der Waals surface area contributed by atoms with Crippen LogP contribution in [0, 0.1) is 0 Å². The summed E-state index contributed by atoms with van der Waals surface area (Å²) in [4.78, 5) is 14.4. The van der Waals surface area contributed by atoms with Crippen molar-refractivity contribution in [3.05, 3.63) is 78.9 Å². The number of benzene rings is 2. The van der Waals surface area contributed by atoms with Crippen LogP contribution in [-0.4, -0.2) is 42.8 Å². The molecule has 36 heavy (non-hydrogen) atoms. The molecule has 0 aliphatic carbocycles. The Morgan fingerprint density at radius 1 is 1.00 bits per heavy atom. The van der Waals surface area contributed by atoms with Crippen LogP contribution in [0.15, 0.2) is 73.1 Å². The Hall–Kier alpha value is -3.81. The summed E-state index contributed by atoms with van der Waals surface area (Å²) in [6, 6.07) is 20.5. The smallest absolute Gasteiger partial charge is 0.150 e. The molecule has 0 bridgehead atoms. The minimum Gasteiger partial charge on any atom is -0.388 e. The average Bonchev–Trinajstić information content (AvgIpc) is 3.29. The van der Waals surface area contributed by atoms with Crippen molar-refractivity contribution < 1.29 is 9.84 Å². The summed E-state index contributed by atoms with van der Waals surface area (Å²) in [5, 5.41) is 11.4. The van der Waals surface area contributed by atoms with Crippen LogP contribution in [0.3, 0.4) is 0 Å². The standard InChI is InChI=1S/C29H29N5O2/c1-29(2,35)24-13-11-21(17-36-24)28-33-25(26-27(30)31-14-15-34(26)28)20-9-8-19-10-12-22(32-23(19)16-20)18-6-4-3-5-7-18/h3-10,12,14-16,21,24,35H,11,13,17H2,1-2H3,(H2,30,31). The quantitative estimate of drug-likeness (QED) is 0.366. The topological polar surface area (TPSA) is 98.6 Å². The molecule has 4 heterocycles. The molecule has 0 saturated carbocycles. The van der Waals surface area contributed by atoms with Crippen LogP contribution >= 0.6 is 0 Å². The van der Waals surface area contributed by atoms with Crippen LogP contribution in [0.1, 0.15) is 38.4 Å². The van der Waals surface area contributed by atoms with Crippen molar-refractivity contribution in [1.82, 2.24) is 19.4 Å². The third-order valence-corrected chi connectivity index (χ3v) is 7.07. The maximum absolute atomic E-state index is 10.4. The normalized spacial score (nSPS) is 18.6. The van der Waals surface area contributed by atoms with E-state index in [9.17, 15) is 5.11 Å². The Kier molecular flexibility index (Phi) is 5.47. The number of rotatable bonds is 4. The summed E-state index contributed by atoms with van der Waals surface area (Å²) in [7, 11) is 0. The van der Waals surface area contributed by atoms with E-state index in [0.29, 0.717) is 12.4 Å². The molecule has 0 radical (unpaired) electrons. The van der Waals surface area contributed by atoms with E-state index in [2.05, 4.69) is 41.4 Å². The van der Waals surface area contributed by atoms with Gasteiger partial charge in [0.05, 0.1) is 29.5 Å². The van der Waals surface area contributed by atoms with Gasteiger partial charge in [-0.05, 0) is 38.8 Å². The molecule has 1 saturated heterocycles. The van der Waals surface area contributed by atoms with Gasteiger partial charge in [-0.25, -0.2) is 15.0 Å². The summed E-state index contributed by atoms with van der Waals surface area (Å²) < 4.78 is 8.09. The second kappa shape index (κ2) is 8.69. The van der Waals surface area contributed by atoms with Gasteiger partial charge in [0.25, 0.3) is 0 Å². The molecule has 7 heteroatoms. The van der Waals surface area contributed by atoms with Gasteiger partial charge in [-0.2, -0.15) is 0 Å². The third kappa shape index (κ3) is 4.00. The minimum atomic E-state index is -0.865. The number of imidazole rings is 1. The van der Waals surface area contributed by atoms with E-state index in [0.717, 1.165) is 57.6 Å². The van der Waals surface area contributed by atoms with Gasteiger partial charge in [-0.3, -0.25) is 4.40 Å². The summed E-state index contributed by atoms with van der Waals surface area (Å²) in [5.74, 6) is 1.42. The van der Waals surface area contributed by atoms with Crippen molar-refractivity contribution in [2.45, 2.75) is 44.3 Å². The fraction of sp³-hybridized carbons (Fsp3) is 0.276. The van der Waals surface area contributed by atoms with Gasteiger partial charge in [0.1, 0.15) is 22.9 Å². The van der Waals surface area contributed by atoms with Crippen molar-refractivity contribution >= 4 is 22.2 Å². The van der Waals surface area contributed by atoms with Crippen LogP contribution < -0.4 is 5.73 Å². The van der Waals surface area contributed by atoms with Crippen molar-refractivity contribution in [2.24, 2.45) is 0 Å². The van der Waals surface area contributed by atoms with E-state index in [-0.39, 0.29) is 12.0 Å². The fourth-order valence-corrected chi connectivity index (χ4v) is 5.12. The van der Waals surface area contributed by atoms with Crippen molar-refractivity contribution in [1.29, 1.82) is 0 Å². The maximum atomic E-state index is 10.4. The van der Waals surface area contributed by atoms with Crippen LogP contribution in [-0.2, 0) is 4.74 Å². The first-order valence-corrected chi connectivity index (χ1v) is 12.3. The number of ether oxygens (including phenoxy) is 1. The molecule has 2 unspecified atom stereocenters. The van der Waals surface area contributed by atoms with E-state index < -0.39 is 5.60 Å². The first-order chi connectivity index (χ1) is 17.4. The lowest BCUT2D eigenvalue weighted by Crippen LogP contribution is -2.42. The largest absolute Gasteiger partial charge is 0.388 e. The summed E-state index contributed by atoms with van der Waals surface area (Å²) in [6.07, 6.45) is 5.06. The average molecular weight is 480 g/mol. The van der Waals surface area contributed by atoms with E-state index in [1.165, 1.54) is 0 Å². The zero-order chi connectivity index (χ0) is 24.9. The van der Waals surface area contributed by atoms with Gasteiger partial charge in [-0.15, -0.1) is 0 Å². The summed E-state index contributed by atoms with van der Waals surface area (Å²) in [6.45, 7) is 4.09. The van der Waals surface area contributed by atoms with Crippen LogP contribution in [0.5, 0.6) is 0 Å². The SMILES string of the molecule is CC(C)(O)C1CCC(c2nc(-c3ccc4ccc(-c5ccccc5)nc4c3)c3c(N)nccn23)CO1. The first kappa shape index (κ1) is 22.6. The number of nitrogens with two attached hydrogens (primary N) is 1. The molecule has 2 atom stereocenters. The zero-order valence-corrected chi connectivity index (χ0v) is 20.4. The van der Waals surface area contributed by atoms with Crippen LogP contribution in [0.25, 0.3) is 38.9 Å². The number of anilines is 1. The number of hydrogen-bond donors (Lipinski definition) is 2. The van der Waals surface area contributed by atoms with E-state index in [1.807, 2.05) is 34.9 Å². The predicted octanol–water partition coefficient (Wildman–Crippen LogP) is 5.23. The molecule has 1 fully saturated rings. The first-order valence-electron chi connectivity index (χ1n) is 12.3. The molecular formula is C29H29N5O2. The fourth-order valence-electron chi connectivity index (χ4n) is 5.12. The maximum Gasteiger partial charge on any atom is 0.150 e. The Morgan fingerprint density at radius 3 is 2.56 bits per heavy atom. The molecule has 1 aliphatic heterocycles. The van der Waals surface area contributed by atoms with Crippen molar-refractivity contribution in [2.75, 3.05) is 12.3 Å². The van der Waals surface area contributed by atoms with Gasteiger partial charge in [-0.1, -0.05) is 48.5 Å². The Morgan fingerprint density at radius 2 is 1.81 bits per heavy atom. The number of pyridine rings is 1. The minimum absolute atomic E-state index is 0.0925. The molecule has 0 amide bonds. The van der Waals surface area contributed by atoms with Gasteiger partial charge < -0.3 is 15.6 Å². The van der Waals surface area contributed by atoms with Gasteiger partial charge in [0.15, 0.2) is 0 Å². The molecule has 1 aliphatic rings. The summed E-state index contributed by atoms with van der Waals surface area (Å²) in [5.41, 5.74) is 10.9. The molecule has 0 spiro atoms. The van der Waals surface area contributed by atoms with E-state index >= 15 is 0 Å². The highest BCUT2D eigenvalue weighted by atomic mass is 16.5. The van der Waals surface area contributed by atoms with Gasteiger partial charge in [0, 0.05) is 34.8 Å². The number of aromatic nitrogens is 4. The monoisotopic (exact) mass is 479 g/mol. The highest BCUT2D eigenvalue weighted by Crippen LogP contribution is 2.36. The lowest BCUT2D eigenvalue weighted by atomic mass is 9.90. The van der Waals surface area contributed by atoms with E-state index in [1.54, 1.807) is 20.0 Å². The predicted molar refractivity (Wildman–Crippen MR) is 142 cm³/mol. The molecule has 5 aromatic rings. The Balaban J connectivity index is 1.42. The number of aliphatic hydroxyl groups is 1. The number of hydrogen-bond acceptors (Lipinski definition) is 6. The molecule has 7 nitrogen and oxygen atoms in total. The molecule has 182 valence electrons. The summed E-state index contributed by atoms with van der Waals surface area (Å²) >= 11 is 0. The highest BCUT2D eigenvalue weighted by Gasteiger charge is 2.34. The second-order valence-electron chi connectivity index (χ2n) is 10.1. The Bertz CT molecular complexity index is 1550. The lowest BCUT2D eigenvalue weighted by molar-refractivity contribution is -0.113. The molecule has 2 aromatic carbocycles. The van der Waals surface area contributed by atoms with E-state index in [4.69, 9.17) is 20.4 Å². The third-order valence-electron chi connectivity index (χ3n) is 7.07. The molecular weight excluding hydrogens is 450 g/mol. The number of nitrogens with zero attached hydrogens (tertiary/aromatic N) is 4. The Labute approximate surface area is 209 Å². The lowest BCUT2D eigenvalue weighted by Gasteiger charge is -2.35. The second-order valence-corrected chi connectivity index (χ2v) is 10.1. The zero-order valence-electron chi connectivity index (χ0n) is 20.4. The van der Waals surface area contributed by atoms with Crippen LogP contribution in [0.4, 0.5) is 5.82 Å². The van der Waals surface area contributed by atoms with Crippen LogP contribution in [0.2, 0.25) is 0 Å². The number of fused-ring (bicyclic) bond motifs is 2. The van der Waals surface area contributed by atoms with Crippen molar-refractivity contribution in [3.8, 4) is 22.5 Å². The highest BCUT2D eigenvalue weighted by molar-refractivity contribution is 5.91. The van der Waals surface area contributed by atoms with Gasteiger partial charge >= 0.3 is 0 Å². The molecule has 3 aromatic heterocycles. The molecule has 3 N–H and O–H groups in total. The number of nitrogen functional groups attached to an aromatic ring is 1. The molecule has 6 rings (SSSR count). The van der Waals surface area contributed by atoms with Crippen molar-refractivity contribution in [3.63, 3.8) is 0 Å². The van der Waals surface area contributed by atoms with Gasteiger partial charge in [0.2, 0.25) is 0 Å².